The van der Waals surface area contributed by atoms with Crippen molar-refractivity contribution in [2.75, 3.05) is 6.54 Å². The maximum Gasteiger partial charge on any atom is 0.311 e. The summed E-state index contributed by atoms with van der Waals surface area (Å²) in [7, 11) is 0. The van der Waals surface area contributed by atoms with Gasteiger partial charge in [0.1, 0.15) is 11.6 Å². The van der Waals surface area contributed by atoms with E-state index in [0.29, 0.717) is 19.3 Å². The van der Waals surface area contributed by atoms with Gasteiger partial charge in [-0.1, -0.05) is 25.3 Å². The summed E-state index contributed by atoms with van der Waals surface area (Å²) in [6, 6.07) is 3.67. The van der Waals surface area contributed by atoms with Crippen LogP contribution < -0.4 is 5.32 Å². The van der Waals surface area contributed by atoms with E-state index in [1.165, 1.54) is 18.2 Å². The van der Waals surface area contributed by atoms with E-state index >= 15 is 0 Å². The molecule has 1 aromatic rings. The lowest BCUT2D eigenvalue weighted by Crippen LogP contribution is -2.44. The van der Waals surface area contributed by atoms with E-state index < -0.39 is 34.9 Å². The molecule has 6 heteroatoms. The third-order valence-electron chi connectivity index (χ3n) is 5.36. The minimum Gasteiger partial charge on any atom is -0.481 e. The van der Waals surface area contributed by atoms with Crippen molar-refractivity contribution in [3.63, 3.8) is 0 Å². The van der Waals surface area contributed by atoms with Gasteiger partial charge in [0.05, 0.1) is 5.41 Å². The standard InChI is InChI=1S/C18H21F2NO3/c19-13-5-4-6-14(20)15(13)11-9-12(11)16(22)21-10-18(17(23)24)7-2-1-3-8-18/h4-6,11-12H,1-3,7-10H2,(H,21,22)(H,23,24). The van der Waals surface area contributed by atoms with E-state index in [-0.39, 0.29) is 18.0 Å². The fourth-order valence-electron chi connectivity index (χ4n) is 3.75. The molecule has 2 unspecified atom stereocenters. The van der Waals surface area contributed by atoms with Crippen LogP contribution in [0, 0.1) is 23.0 Å². The Balaban J connectivity index is 1.62. The van der Waals surface area contributed by atoms with Gasteiger partial charge < -0.3 is 10.4 Å². The maximum absolute atomic E-state index is 13.8. The Morgan fingerprint density at radius 2 is 1.79 bits per heavy atom. The molecule has 2 aliphatic rings. The van der Waals surface area contributed by atoms with Crippen molar-refractivity contribution >= 4 is 11.9 Å². The molecule has 0 bridgehead atoms. The summed E-state index contributed by atoms with van der Waals surface area (Å²) >= 11 is 0. The fourth-order valence-corrected chi connectivity index (χ4v) is 3.75. The number of hydrogen-bond donors (Lipinski definition) is 2. The van der Waals surface area contributed by atoms with Crippen LogP contribution in [0.2, 0.25) is 0 Å². The molecule has 2 N–H and O–H groups in total. The average Bonchev–Trinajstić information content (AvgIpc) is 3.33. The smallest absolute Gasteiger partial charge is 0.311 e. The molecular weight excluding hydrogens is 316 g/mol. The van der Waals surface area contributed by atoms with Crippen molar-refractivity contribution in [1.29, 1.82) is 0 Å². The van der Waals surface area contributed by atoms with Gasteiger partial charge in [-0.3, -0.25) is 9.59 Å². The summed E-state index contributed by atoms with van der Waals surface area (Å²) < 4.78 is 27.5. The molecule has 0 aromatic heterocycles. The van der Waals surface area contributed by atoms with Crippen LogP contribution in [-0.4, -0.2) is 23.5 Å². The van der Waals surface area contributed by atoms with Gasteiger partial charge in [0.25, 0.3) is 0 Å². The number of carboxylic acid groups (broad SMARTS) is 1. The molecule has 0 heterocycles. The Morgan fingerprint density at radius 1 is 1.17 bits per heavy atom. The Hall–Kier alpha value is -1.98. The third-order valence-corrected chi connectivity index (χ3v) is 5.36. The number of aliphatic carboxylic acids is 1. The first-order valence-electron chi connectivity index (χ1n) is 8.40. The number of nitrogens with one attached hydrogen (secondary N) is 1. The fraction of sp³-hybridized carbons (Fsp3) is 0.556. The third kappa shape index (κ3) is 3.14. The summed E-state index contributed by atoms with van der Waals surface area (Å²) in [5.74, 6) is -3.40. The molecule has 0 radical (unpaired) electrons. The number of hydrogen-bond acceptors (Lipinski definition) is 2. The van der Waals surface area contributed by atoms with Crippen molar-refractivity contribution < 1.29 is 23.5 Å². The molecule has 1 amide bonds. The molecule has 0 spiro atoms. The lowest BCUT2D eigenvalue weighted by Gasteiger charge is -2.33. The molecule has 0 aliphatic heterocycles. The number of benzene rings is 1. The van der Waals surface area contributed by atoms with E-state index in [0.717, 1.165) is 19.3 Å². The van der Waals surface area contributed by atoms with Gasteiger partial charge in [0.15, 0.2) is 0 Å². The molecule has 3 rings (SSSR count). The van der Waals surface area contributed by atoms with Gasteiger partial charge in [-0.05, 0) is 31.4 Å². The minimum atomic E-state index is -0.901. The van der Waals surface area contributed by atoms with Crippen LogP contribution in [0.4, 0.5) is 8.78 Å². The highest BCUT2D eigenvalue weighted by Crippen LogP contribution is 2.49. The summed E-state index contributed by atoms with van der Waals surface area (Å²) in [5, 5.41) is 12.2. The normalized spacial score (nSPS) is 25.1. The van der Waals surface area contributed by atoms with Gasteiger partial charge in [-0.15, -0.1) is 0 Å². The Labute approximate surface area is 139 Å². The van der Waals surface area contributed by atoms with E-state index in [1.54, 1.807) is 0 Å². The second-order valence-electron chi connectivity index (χ2n) is 6.95. The molecule has 0 saturated heterocycles. The first kappa shape index (κ1) is 16.9. The largest absolute Gasteiger partial charge is 0.481 e. The molecule has 2 aliphatic carbocycles. The molecule has 2 fully saturated rings. The van der Waals surface area contributed by atoms with Crippen LogP contribution >= 0.6 is 0 Å². The first-order chi connectivity index (χ1) is 11.4. The molecule has 2 atom stereocenters. The Morgan fingerprint density at radius 3 is 2.38 bits per heavy atom. The summed E-state index contributed by atoms with van der Waals surface area (Å²) in [4.78, 5) is 23.9. The number of rotatable bonds is 5. The molecule has 2 saturated carbocycles. The van der Waals surface area contributed by atoms with E-state index in [1.807, 2.05) is 0 Å². The van der Waals surface area contributed by atoms with Gasteiger partial charge in [-0.25, -0.2) is 8.78 Å². The zero-order valence-electron chi connectivity index (χ0n) is 13.4. The summed E-state index contributed by atoms with van der Waals surface area (Å²) in [6.45, 7) is 0.0874. The molecule has 1 aromatic carbocycles. The zero-order chi connectivity index (χ0) is 17.3. The SMILES string of the molecule is O=C(NCC1(C(=O)O)CCCCC1)C1CC1c1c(F)cccc1F. The second kappa shape index (κ2) is 6.49. The van der Waals surface area contributed by atoms with Crippen molar-refractivity contribution in [1.82, 2.24) is 5.32 Å². The molecule has 130 valence electrons. The van der Waals surface area contributed by atoms with Crippen LogP contribution in [0.25, 0.3) is 0 Å². The van der Waals surface area contributed by atoms with Crippen LogP contribution in [0.5, 0.6) is 0 Å². The van der Waals surface area contributed by atoms with Crippen molar-refractivity contribution in [2.24, 2.45) is 11.3 Å². The summed E-state index contributed by atoms with van der Waals surface area (Å²) in [6.07, 6.45) is 4.20. The Kier molecular flexibility index (Phi) is 4.56. The van der Waals surface area contributed by atoms with Crippen LogP contribution in [0.15, 0.2) is 18.2 Å². The molecular formula is C18H21F2NO3. The number of carbonyl (C=O) groups excluding carboxylic acids is 1. The van der Waals surface area contributed by atoms with Crippen LogP contribution in [0.1, 0.15) is 50.0 Å². The second-order valence-corrected chi connectivity index (χ2v) is 6.95. The van der Waals surface area contributed by atoms with Crippen LogP contribution in [0.3, 0.4) is 0 Å². The number of amides is 1. The quantitative estimate of drug-likeness (QED) is 0.867. The van der Waals surface area contributed by atoms with Gasteiger partial charge in [0.2, 0.25) is 5.91 Å². The van der Waals surface area contributed by atoms with Gasteiger partial charge >= 0.3 is 5.97 Å². The highest BCUT2D eigenvalue weighted by atomic mass is 19.1. The monoisotopic (exact) mass is 337 g/mol. The number of carbonyl (C=O) groups is 2. The number of carboxylic acids is 1. The first-order valence-corrected chi connectivity index (χ1v) is 8.40. The average molecular weight is 337 g/mol. The highest BCUT2D eigenvalue weighted by molar-refractivity contribution is 5.84. The van der Waals surface area contributed by atoms with E-state index in [4.69, 9.17) is 0 Å². The number of halogens is 2. The molecule has 24 heavy (non-hydrogen) atoms. The van der Waals surface area contributed by atoms with Crippen molar-refractivity contribution in [3.8, 4) is 0 Å². The minimum absolute atomic E-state index is 0.0386. The summed E-state index contributed by atoms with van der Waals surface area (Å²) in [5.41, 5.74) is -0.940. The Bertz CT molecular complexity index is 635. The van der Waals surface area contributed by atoms with E-state index in [2.05, 4.69) is 5.32 Å². The van der Waals surface area contributed by atoms with Crippen LogP contribution in [-0.2, 0) is 9.59 Å². The molecule has 4 nitrogen and oxygen atoms in total. The van der Waals surface area contributed by atoms with Gasteiger partial charge in [-0.2, -0.15) is 0 Å². The zero-order valence-corrected chi connectivity index (χ0v) is 13.4. The highest BCUT2D eigenvalue weighted by Gasteiger charge is 2.47. The van der Waals surface area contributed by atoms with Crippen molar-refractivity contribution in [3.05, 3.63) is 35.4 Å². The maximum atomic E-state index is 13.8. The topological polar surface area (TPSA) is 66.4 Å². The van der Waals surface area contributed by atoms with Crippen molar-refractivity contribution in [2.45, 2.75) is 44.4 Å². The van der Waals surface area contributed by atoms with E-state index in [9.17, 15) is 23.5 Å². The lowest BCUT2D eigenvalue weighted by atomic mass is 9.74. The van der Waals surface area contributed by atoms with Gasteiger partial charge in [0, 0.05) is 23.9 Å². The lowest BCUT2D eigenvalue weighted by molar-refractivity contribution is -0.151. The predicted molar refractivity (Wildman–Crippen MR) is 83.4 cm³/mol. The predicted octanol–water partition coefficient (Wildman–Crippen LogP) is 3.22.